The second kappa shape index (κ2) is 8.84. The summed E-state index contributed by atoms with van der Waals surface area (Å²) in [5.41, 5.74) is 5.87. The highest BCUT2D eigenvalue weighted by atomic mass is 16.6. The summed E-state index contributed by atoms with van der Waals surface area (Å²) in [7, 11) is 0. The van der Waals surface area contributed by atoms with Gasteiger partial charge in [0, 0.05) is 40.6 Å². The van der Waals surface area contributed by atoms with Gasteiger partial charge in [0.25, 0.3) is 5.69 Å². The van der Waals surface area contributed by atoms with Crippen molar-refractivity contribution in [1.29, 1.82) is 0 Å². The van der Waals surface area contributed by atoms with Gasteiger partial charge < -0.3 is 5.32 Å². The predicted molar refractivity (Wildman–Crippen MR) is 138 cm³/mol. The number of allylic oxidation sites excluding steroid dienone is 4. The molecule has 0 fully saturated rings. The molecule has 174 valence electrons. The van der Waals surface area contributed by atoms with Crippen LogP contribution < -0.4 is 5.32 Å². The number of nitrogens with one attached hydrogen (secondary N) is 1. The lowest BCUT2D eigenvalue weighted by atomic mass is 9.67. The standard InChI is InChI=1S/C30H26N2O3/c1-30(2)19-27-28(29(33)25(30)17-20-9-5-3-6-10-20)24(21-13-15-23(16-14-21)32(34)35)18-26(31-27)22-11-7-4-8-12-22/h3-18,24,31H,19H2,1-2H3/b25-17+. The van der Waals surface area contributed by atoms with E-state index >= 15 is 0 Å². The Morgan fingerprint density at radius 2 is 1.57 bits per heavy atom. The van der Waals surface area contributed by atoms with Crippen molar-refractivity contribution in [3.63, 3.8) is 0 Å². The molecule has 0 saturated carbocycles. The highest BCUT2D eigenvalue weighted by Gasteiger charge is 2.42. The van der Waals surface area contributed by atoms with Crippen LogP contribution in [0.1, 0.15) is 42.9 Å². The Morgan fingerprint density at radius 1 is 0.943 bits per heavy atom. The number of hydrogen-bond donors (Lipinski definition) is 1. The molecule has 3 aromatic rings. The van der Waals surface area contributed by atoms with E-state index in [0.29, 0.717) is 12.0 Å². The Balaban J connectivity index is 1.64. The van der Waals surface area contributed by atoms with Crippen molar-refractivity contribution in [2.45, 2.75) is 26.2 Å². The highest BCUT2D eigenvalue weighted by Crippen LogP contribution is 2.48. The average Bonchev–Trinajstić information content (AvgIpc) is 2.87. The van der Waals surface area contributed by atoms with Crippen LogP contribution in [0.15, 0.2) is 108 Å². The summed E-state index contributed by atoms with van der Waals surface area (Å²) in [5, 5.41) is 14.8. The maximum Gasteiger partial charge on any atom is 0.269 e. The van der Waals surface area contributed by atoms with Gasteiger partial charge in [-0.1, -0.05) is 86.6 Å². The highest BCUT2D eigenvalue weighted by molar-refractivity contribution is 6.15. The van der Waals surface area contributed by atoms with E-state index in [1.54, 1.807) is 12.1 Å². The van der Waals surface area contributed by atoms with Crippen molar-refractivity contribution in [1.82, 2.24) is 5.32 Å². The fourth-order valence-corrected chi connectivity index (χ4v) is 4.95. The van der Waals surface area contributed by atoms with Gasteiger partial charge in [0.2, 0.25) is 0 Å². The van der Waals surface area contributed by atoms with Crippen LogP contribution in [0.4, 0.5) is 5.69 Å². The number of ketones is 1. The number of nitro benzene ring substituents is 1. The van der Waals surface area contributed by atoms with Crippen LogP contribution in [0.2, 0.25) is 0 Å². The molecule has 1 aliphatic heterocycles. The van der Waals surface area contributed by atoms with Gasteiger partial charge in [-0.05, 0) is 40.7 Å². The number of rotatable bonds is 4. The molecule has 5 heteroatoms. The minimum absolute atomic E-state index is 0.0133. The quantitative estimate of drug-likeness (QED) is 0.267. The lowest BCUT2D eigenvalue weighted by Crippen LogP contribution is -2.37. The Labute approximate surface area is 204 Å². The molecule has 1 aliphatic carbocycles. The molecular formula is C30H26N2O3. The Kier molecular flexibility index (Phi) is 5.69. The molecule has 1 heterocycles. The third kappa shape index (κ3) is 4.33. The molecule has 35 heavy (non-hydrogen) atoms. The monoisotopic (exact) mass is 462 g/mol. The van der Waals surface area contributed by atoms with E-state index in [1.807, 2.05) is 66.7 Å². The van der Waals surface area contributed by atoms with Gasteiger partial charge in [0.15, 0.2) is 5.78 Å². The first-order chi connectivity index (χ1) is 16.8. The molecule has 5 nitrogen and oxygen atoms in total. The minimum Gasteiger partial charge on any atom is -0.358 e. The number of dihydropyridines is 1. The summed E-state index contributed by atoms with van der Waals surface area (Å²) >= 11 is 0. The Morgan fingerprint density at radius 3 is 2.20 bits per heavy atom. The molecule has 0 spiro atoms. The molecule has 1 unspecified atom stereocenters. The van der Waals surface area contributed by atoms with E-state index in [-0.39, 0.29) is 22.8 Å². The van der Waals surface area contributed by atoms with Crippen LogP contribution >= 0.6 is 0 Å². The fraction of sp³-hybridized carbons (Fsp3) is 0.167. The zero-order valence-corrected chi connectivity index (χ0v) is 19.7. The predicted octanol–water partition coefficient (Wildman–Crippen LogP) is 6.66. The second-order valence-corrected chi connectivity index (χ2v) is 9.65. The van der Waals surface area contributed by atoms with Gasteiger partial charge in [0.1, 0.15) is 0 Å². The average molecular weight is 463 g/mol. The largest absolute Gasteiger partial charge is 0.358 e. The van der Waals surface area contributed by atoms with Crippen molar-refractivity contribution in [2.75, 3.05) is 0 Å². The zero-order chi connectivity index (χ0) is 24.6. The van der Waals surface area contributed by atoms with Gasteiger partial charge >= 0.3 is 0 Å². The molecule has 0 amide bonds. The van der Waals surface area contributed by atoms with Crippen molar-refractivity contribution in [2.24, 2.45) is 5.41 Å². The van der Waals surface area contributed by atoms with Crippen LogP contribution in [-0.4, -0.2) is 10.7 Å². The van der Waals surface area contributed by atoms with E-state index in [4.69, 9.17) is 0 Å². The Hall–Kier alpha value is -4.25. The van der Waals surface area contributed by atoms with Crippen LogP contribution in [0.25, 0.3) is 11.8 Å². The molecule has 0 saturated heterocycles. The fourth-order valence-electron chi connectivity index (χ4n) is 4.95. The lowest BCUT2D eigenvalue weighted by Gasteiger charge is -2.40. The van der Waals surface area contributed by atoms with E-state index in [2.05, 4.69) is 25.2 Å². The third-order valence-electron chi connectivity index (χ3n) is 6.75. The number of Topliss-reactive ketones (excluding diaryl/α,β-unsaturated/α-hetero) is 1. The number of nitro groups is 1. The lowest BCUT2D eigenvalue weighted by molar-refractivity contribution is -0.384. The molecule has 0 aromatic heterocycles. The first-order valence-corrected chi connectivity index (χ1v) is 11.7. The van der Waals surface area contributed by atoms with Crippen molar-refractivity contribution >= 4 is 23.2 Å². The van der Waals surface area contributed by atoms with Crippen molar-refractivity contribution in [3.05, 3.63) is 135 Å². The second-order valence-electron chi connectivity index (χ2n) is 9.65. The number of carbonyl (C=O) groups is 1. The van der Waals surface area contributed by atoms with Gasteiger partial charge in [-0.25, -0.2) is 0 Å². The summed E-state index contributed by atoms with van der Waals surface area (Å²) in [5.74, 6) is -0.302. The number of hydrogen-bond acceptors (Lipinski definition) is 4. The smallest absolute Gasteiger partial charge is 0.269 e. The third-order valence-corrected chi connectivity index (χ3v) is 6.75. The van der Waals surface area contributed by atoms with Crippen LogP contribution in [0.3, 0.4) is 0 Å². The van der Waals surface area contributed by atoms with E-state index in [1.165, 1.54) is 12.1 Å². The summed E-state index contributed by atoms with van der Waals surface area (Å²) in [4.78, 5) is 24.9. The van der Waals surface area contributed by atoms with Crippen molar-refractivity contribution in [3.8, 4) is 0 Å². The number of carbonyl (C=O) groups excluding carboxylic acids is 1. The van der Waals surface area contributed by atoms with E-state index < -0.39 is 4.92 Å². The molecule has 1 atom stereocenters. The first kappa shape index (κ1) is 22.5. The Bertz CT molecular complexity index is 1380. The zero-order valence-electron chi connectivity index (χ0n) is 19.7. The minimum atomic E-state index is -0.406. The van der Waals surface area contributed by atoms with Crippen LogP contribution in [0, 0.1) is 15.5 Å². The van der Waals surface area contributed by atoms with Gasteiger partial charge in [0.05, 0.1) is 4.92 Å². The molecule has 5 rings (SSSR count). The molecule has 3 aromatic carbocycles. The van der Waals surface area contributed by atoms with Gasteiger partial charge in [-0.2, -0.15) is 0 Å². The van der Waals surface area contributed by atoms with E-state index in [9.17, 15) is 14.9 Å². The topological polar surface area (TPSA) is 72.2 Å². The summed E-state index contributed by atoms with van der Waals surface area (Å²) in [6.45, 7) is 4.21. The van der Waals surface area contributed by atoms with Crippen molar-refractivity contribution < 1.29 is 9.72 Å². The molecule has 2 aliphatic rings. The maximum absolute atomic E-state index is 14.1. The number of benzene rings is 3. The SMILES string of the molecule is CC1(C)CC2=C(C(=O)/C1=C\c1ccccc1)C(c1ccc([N+](=O)[O-])cc1)C=C(c1ccccc1)N2. The molecule has 1 N–H and O–H groups in total. The van der Waals surface area contributed by atoms with E-state index in [0.717, 1.165) is 33.7 Å². The summed E-state index contributed by atoms with van der Waals surface area (Å²) < 4.78 is 0. The molecule has 0 bridgehead atoms. The number of non-ortho nitro benzene ring substituents is 1. The summed E-state index contributed by atoms with van der Waals surface area (Å²) in [6, 6.07) is 26.4. The van der Waals surface area contributed by atoms with Crippen LogP contribution in [-0.2, 0) is 4.79 Å². The van der Waals surface area contributed by atoms with Gasteiger partial charge in [-0.3, -0.25) is 14.9 Å². The first-order valence-electron chi connectivity index (χ1n) is 11.7. The number of nitrogens with zero attached hydrogens (tertiary/aromatic N) is 1. The maximum atomic E-state index is 14.1. The molecular weight excluding hydrogens is 436 g/mol. The van der Waals surface area contributed by atoms with Gasteiger partial charge in [-0.15, -0.1) is 0 Å². The summed E-state index contributed by atoms with van der Waals surface area (Å²) in [6.07, 6.45) is 4.74. The normalized spacial score (nSPS) is 20.2. The molecule has 0 radical (unpaired) electrons. The van der Waals surface area contributed by atoms with Crippen LogP contribution in [0.5, 0.6) is 0 Å².